The first-order valence-electron chi connectivity index (χ1n) is 6.84. The van der Waals surface area contributed by atoms with E-state index in [9.17, 15) is 20.2 Å². The quantitative estimate of drug-likeness (QED) is 0.386. The van der Waals surface area contributed by atoms with Gasteiger partial charge in [-0.1, -0.05) is 25.1 Å². The van der Waals surface area contributed by atoms with Gasteiger partial charge in [-0.3, -0.25) is 20.2 Å². The van der Waals surface area contributed by atoms with Gasteiger partial charge in [-0.15, -0.1) is 0 Å². The molecule has 0 fully saturated rings. The van der Waals surface area contributed by atoms with Crippen molar-refractivity contribution in [3.05, 3.63) is 50.6 Å². The summed E-state index contributed by atoms with van der Waals surface area (Å²) in [4.78, 5) is 20.9. The molecule has 0 heterocycles. The lowest BCUT2D eigenvalue weighted by Crippen LogP contribution is -2.49. The monoisotopic (exact) mass is 296 g/mol. The van der Waals surface area contributed by atoms with Crippen LogP contribution in [-0.4, -0.2) is 35.1 Å². The van der Waals surface area contributed by atoms with Crippen LogP contribution >= 0.6 is 0 Å². The Balaban J connectivity index is 2.79. The van der Waals surface area contributed by atoms with E-state index < -0.39 is 22.1 Å². The van der Waals surface area contributed by atoms with Gasteiger partial charge in [-0.05, 0) is 25.1 Å². The summed E-state index contributed by atoms with van der Waals surface area (Å²) < 4.78 is 0. The Labute approximate surface area is 122 Å². The van der Waals surface area contributed by atoms with Gasteiger partial charge in [0.05, 0.1) is 0 Å². The Bertz CT molecular complexity index is 455. The lowest BCUT2D eigenvalue weighted by molar-refractivity contribution is -0.523. The van der Waals surface area contributed by atoms with Gasteiger partial charge >= 0.3 is 0 Å². The van der Waals surface area contributed by atoms with Crippen molar-refractivity contribution >= 4 is 5.69 Å². The Morgan fingerprint density at radius 3 is 2.38 bits per heavy atom. The molecule has 0 aliphatic carbocycles. The normalized spacial score (nSPS) is 13.4. The number of hydrogen-bond acceptors (Lipinski definition) is 6. The van der Waals surface area contributed by atoms with Gasteiger partial charge in [0.2, 0.25) is 6.54 Å². The molecule has 0 bridgehead atoms. The highest BCUT2D eigenvalue weighted by Crippen LogP contribution is 2.11. The molecule has 0 aliphatic rings. The van der Waals surface area contributed by atoms with Crippen LogP contribution in [0.2, 0.25) is 0 Å². The van der Waals surface area contributed by atoms with Gasteiger partial charge in [0.25, 0.3) is 6.17 Å². The van der Waals surface area contributed by atoms with Gasteiger partial charge < -0.3 is 10.6 Å². The first kappa shape index (κ1) is 16.8. The molecule has 1 aromatic rings. The second kappa shape index (κ2) is 8.85. The zero-order valence-electron chi connectivity index (χ0n) is 11.9. The molecule has 0 saturated heterocycles. The highest BCUT2D eigenvalue weighted by molar-refractivity contribution is 5.43. The Hall–Kier alpha value is -2.22. The lowest BCUT2D eigenvalue weighted by atomic mass is 10.1. The van der Waals surface area contributed by atoms with E-state index in [2.05, 4.69) is 10.6 Å². The van der Waals surface area contributed by atoms with E-state index in [4.69, 9.17) is 0 Å². The van der Waals surface area contributed by atoms with Crippen LogP contribution in [0, 0.1) is 20.2 Å². The molecule has 2 unspecified atom stereocenters. The molecule has 0 spiro atoms. The fourth-order valence-corrected chi connectivity index (χ4v) is 1.95. The van der Waals surface area contributed by atoms with E-state index in [0.29, 0.717) is 12.2 Å². The summed E-state index contributed by atoms with van der Waals surface area (Å²) in [7, 11) is 0. The molecule has 1 rings (SSSR count). The molecule has 116 valence electrons. The summed E-state index contributed by atoms with van der Waals surface area (Å²) in [6.07, 6.45) is -0.220. The summed E-state index contributed by atoms with van der Waals surface area (Å²) in [6.45, 7) is 2.20. The zero-order chi connectivity index (χ0) is 15.7. The number of nitro groups is 2. The van der Waals surface area contributed by atoms with Crippen LogP contribution in [0.3, 0.4) is 0 Å². The summed E-state index contributed by atoms with van der Waals surface area (Å²) in [5.41, 5.74) is 0.614. The maximum atomic E-state index is 11.3. The van der Waals surface area contributed by atoms with Crippen molar-refractivity contribution < 1.29 is 9.85 Å². The SMILES string of the molecule is CCCNC(CC[N+](=O)[O-])C(Nc1ccccc1)[N+](=O)[O-]. The maximum Gasteiger partial charge on any atom is 0.300 e. The van der Waals surface area contributed by atoms with Crippen LogP contribution in [0.5, 0.6) is 0 Å². The Kier molecular flexibility index (Phi) is 7.10. The number of nitrogens with one attached hydrogen (secondary N) is 2. The Morgan fingerprint density at radius 1 is 1.19 bits per heavy atom. The van der Waals surface area contributed by atoms with Crippen LogP contribution in [-0.2, 0) is 0 Å². The summed E-state index contributed by atoms with van der Waals surface area (Å²) in [5.74, 6) is 0. The van der Waals surface area contributed by atoms with Gasteiger partial charge in [-0.25, -0.2) is 0 Å². The third kappa shape index (κ3) is 6.17. The van der Waals surface area contributed by atoms with Crippen molar-refractivity contribution in [3.8, 4) is 0 Å². The smallest absolute Gasteiger partial charge is 0.300 e. The van der Waals surface area contributed by atoms with Crippen molar-refractivity contribution in [1.82, 2.24) is 5.32 Å². The predicted octanol–water partition coefficient (Wildman–Crippen LogP) is 1.74. The minimum atomic E-state index is -1.11. The number of hydrogen-bond donors (Lipinski definition) is 2. The van der Waals surface area contributed by atoms with E-state index in [1.807, 2.05) is 13.0 Å². The molecule has 8 heteroatoms. The molecule has 0 amide bonds. The lowest BCUT2D eigenvalue weighted by Gasteiger charge is -2.22. The van der Waals surface area contributed by atoms with E-state index in [1.54, 1.807) is 24.3 Å². The van der Waals surface area contributed by atoms with E-state index in [-0.39, 0.29) is 13.0 Å². The average Bonchev–Trinajstić information content (AvgIpc) is 2.46. The van der Waals surface area contributed by atoms with Gasteiger partial charge in [0, 0.05) is 22.0 Å². The van der Waals surface area contributed by atoms with Crippen molar-refractivity contribution in [3.63, 3.8) is 0 Å². The third-order valence-corrected chi connectivity index (χ3v) is 2.98. The van der Waals surface area contributed by atoms with Crippen LogP contribution in [0.1, 0.15) is 19.8 Å². The third-order valence-electron chi connectivity index (χ3n) is 2.98. The standard InChI is InChI=1S/C13H20N4O4/c1-2-9-14-12(8-10-16(18)19)13(17(20)21)15-11-6-4-3-5-7-11/h3-7,12-15H,2,8-10H2,1H3. The molecule has 0 radical (unpaired) electrons. The molecule has 0 aromatic heterocycles. The first-order chi connectivity index (χ1) is 10.0. The number of nitrogens with zero attached hydrogens (tertiary/aromatic N) is 2. The molecular formula is C13H20N4O4. The fourth-order valence-electron chi connectivity index (χ4n) is 1.95. The van der Waals surface area contributed by atoms with E-state index in [1.165, 1.54) is 0 Å². The van der Waals surface area contributed by atoms with Crippen molar-refractivity contribution in [2.24, 2.45) is 0 Å². The topological polar surface area (TPSA) is 110 Å². The minimum Gasteiger partial charge on any atom is -0.322 e. The summed E-state index contributed by atoms with van der Waals surface area (Å²) in [6, 6.07) is 8.19. The first-order valence-corrected chi connectivity index (χ1v) is 6.84. The van der Waals surface area contributed by atoms with Gasteiger partial charge in [-0.2, -0.15) is 0 Å². The number of anilines is 1. The second-order valence-corrected chi connectivity index (χ2v) is 4.65. The van der Waals surface area contributed by atoms with Crippen molar-refractivity contribution in [2.75, 3.05) is 18.4 Å². The molecule has 0 aliphatic heterocycles. The summed E-state index contributed by atoms with van der Waals surface area (Å²) >= 11 is 0. The molecule has 2 N–H and O–H groups in total. The van der Waals surface area contributed by atoms with Crippen LogP contribution in [0.15, 0.2) is 30.3 Å². The van der Waals surface area contributed by atoms with Crippen molar-refractivity contribution in [2.45, 2.75) is 32.0 Å². The van der Waals surface area contributed by atoms with Gasteiger partial charge in [0.1, 0.15) is 6.04 Å². The van der Waals surface area contributed by atoms with Crippen LogP contribution in [0.25, 0.3) is 0 Å². The van der Waals surface area contributed by atoms with Crippen LogP contribution in [0.4, 0.5) is 5.69 Å². The molecule has 1 aromatic carbocycles. The summed E-state index contributed by atoms with van der Waals surface area (Å²) in [5, 5.41) is 27.6. The predicted molar refractivity (Wildman–Crippen MR) is 79.4 cm³/mol. The molecule has 21 heavy (non-hydrogen) atoms. The highest BCUT2D eigenvalue weighted by atomic mass is 16.6. The Morgan fingerprint density at radius 2 is 1.86 bits per heavy atom. The molecule has 2 atom stereocenters. The largest absolute Gasteiger partial charge is 0.322 e. The fraction of sp³-hybridized carbons (Fsp3) is 0.538. The molecular weight excluding hydrogens is 276 g/mol. The number of rotatable bonds is 10. The maximum absolute atomic E-state index is 11.3. The van der Waals surface area contributed by atoms with Crippen molar-refractivity contribution in [1.29, 1.82) is 0 Å². The average molecular weight is 296 g/mol. The minimum absolute atomic E-state index is 0.0957. The number of para-hydroxylation sites is 1. The van der Waals surface area contributed by atoms with Crippen LogP contribution < -0.4 is 10.6 Å². The van der Waals surface area contributed by atoms with E-state index >= 15 is 0 Å². The number of benzene rings is 1. The molecule has 8 nitrogen and oxygen atoms in total. The molecule has 0 saturated carbocycles. The van der Waals surface area contributed by atoms with E-state index in [0.717, 1.165) is 6.42 Å². The highest BCUT2D eigenvalue weighted by Gasteiger charge is 2.32. The van der Waals surface area contributed by atoms with Gasteiger partial charge in [0.15, 0.2) is 0 Å². The zero-order valence-corrected chi connectivity index (χ0v) is 11.9. The second-order valence-electron chi connectivity index (χ2n) is 4.65.